The van der Waals surface area contributed by atoms with Gasteiger partial charge in [-0.15, -0.1) is 0 Å². The second kappa shape index (κ2) is 7.33. The summed E-state index contributed by atoms with van der Waals surface area (Å²) in [7, 11) is 0. The number of aromatic carboxylic acids is 1. The number of carboxylic acids is 1. The molecule has 2 rings (SSSR count). The molecule has 110 valence electrons. The van der Waals surface area contributed by atoms with E-state index in [2.05, 4.69) is 5.32 Å². The molecular weight excluding hydrogens is 266 g/mol. The SMILES string of the molecule is Cc1cc(C(=O)O)ccc1NCCCOc1ccccc1. The quantitative estimate of drug-likeness (QED) is 0.763. The zero-order valence-electron chi connectivity index (χ0n) is 12.0. The molecule has 0 bridgehead atoms. The number of para-hydroxylation sites is 1. The summed E-state index contributed by atoms with van der Waals surface area (Å²) in [5.41, 5.74) is 2.20. The Morgan fingerprint density at radius 1 is 1.19 bits per heavy atom. The molecule has 2 N–H and O–H groups in total. The zero-order chi connectivity index (χ0) is 15.1. The molecule has 0 aromatic heterocycles. The Balaban J connectivity index is 1.75. The van der Waals surface area contributed by atoms with Crippen molar-refractivity contribution in [2.45, 2.75) is 13.3 Å². The number of carboxylic acid groups (broad SMARTS) is 1. The maximum Gasteiger partial charge on any atom is 0.335 e. The van der Waals surface area contributed by atoms with E-state index in [0.717, 1.165) is 30.0 Å². The highest BCUT2D eigenvalue weighted by atomic mass is 16.5. The Labute approximate surface area is 124 Å². The van der Waals surface area contributed by atoms with Gasteiger partial charge in [0.1, 0.15) is 5.75 Å². The summed E-state index contributed by atoms with van der Waals surface area (Å²) in [6.45, 7) is 3.32. The topological polar surface area (TPSA) is 58.6 Å². The third kappa shape index (κ3) is 4.53. The van der Waals surface area contributed by atoms with E-state index in [-0.39, 0.29) is 0 Å². The Morgan fingerprint density at radius 2 is 1.95 bits per heavy atom. The van der Waals surface area contributed by atoms with Gasteiger partial charge in [-0.25, -0.2) is 4.79 Å². The Kier molecular flexibility index (Phi) is 5.21. The number of nitrogens with one attached hydrogen (secondary N) is 1. The fraction of sp³-hybridized carbons (Fsp3) is 0.235. The summed E-state index contributed by atoms with van der Waals surface area (Å²) >= 11 is 0. The van der Waals surface area contributed by atoms with Crippen molar-refractivity contribution in [3.05, 3.63) is 59.7 Å². The van der Waals surface area contributed by atoms with Crippen molar-refractivity contribution < 1.29 is 14.6 Å². The summed E-state index contributed by atoms with van der Waals surface area (Å²) in [5.74, 6) is -0.0274. The summed E-state index contributed by atoms with van der Waals surface area (Å²) in [4.78, 5) is 10.9. The third-order valence-electron chi connectivity index (χ3n) is 3.12. The van der Waals surface area contributed by atoms with Crippen LogP contribution in [0.1, 0.15) is 22.3 Å². The van der Waals surface area contributed by atoms with Crippen LogP contribution in [0.15, 0.2) is 48.5 Å². The van der Waals surface area contributed by atoms with Crippen LogP contribution in [-0.4, -0.2) is 24.2 Å². The van der Waals surface area contributed by atoms with Gasteiger partial charge in [-0.05, 0) is 49.2 Å². The highest BCUT2D eigenvalue weighted by Crippen LogP contribution is 2.16. The second-order valence-corrected chi connectivity index (χ2v) is 4.78. The predicted octanol–water partition coefficient (Wildman–Crippen LogP) is 3.57. The van der Waals surface area contributed by atoms with E-state index < -0.39 is 5.97 Å². The number of anilines is 1. The number of aryl methyl sites for hydroxylation is 1. The first-order valence-electron chi connectivity index (χ1n) is 6.92. The van der Waals surface area contributed by atoms with Crippen LogP contribution in [0.3, 0.4) is 0 Å². The van der Waals surface area contributed by atoms with Crippen molar-refractivity contribution in [3.63, 3.8) is 0 Å². The van der Waals surface area contributed by atoms with Gasteiger partial charge in [0.05, 0.1) is 12.2 Å². The van der Waals surface area contributed by atoms with Gasteiger partial charge in [-0.3, -0.25) is 0 Å². The fourth-order valence-corrected chi connectivity index (χ4v) is 2.00. The molecule has 4 heteroatoms. The lowest BCUT2D eigenvalue weighted by Gasteiger charge is -2.11. The van der Waals surface area contributed by atoms with Crippen LogP contribution < -0.4 is 10.1 Å². The molecular formula is C17H19NO3. The number of carbonyl (C=O) groups is 1. The number of hydrogen-bond donors (Lipinski definition) is 2. The molecule has 0 radical (unpaired) electrons. The minimum absolute atomic E-state index is 0.311. The monoisotopic (exact) mass is 285 g/mol. The highest BCUT2D eigenvalue weighted by molar-refractivity contribution is 5.88. The Morgan fingerprint density at radius 3 is 2.62 bits per heavy atom. The maximum atomic E-state index is 10.9. The summed E-state index contributed by atoms with van der Waals surface area (Å²) in [5, 5.41) is 12.2. The first-order chi connectivity index (χ1) is 10.2. The fourth-order valence-electron chi connectivity index (χ4n) is 2.00. The molecule has 0 aliphatic heterocycles. The van der Waals surface area contributed by atoms with Gasteiger partial charge < -0.3 is 15.2 Å². The maximum absolute atomic E-state index is 10.9. The molecule has 2 aromatic rings. The van der Waals surface area contributed by atoms with Gasteiger partial charge >= 0.3 is 5.97 Å². The third-order valence-corrected chi connectivity index (χ3v) is 3.12. The van der Waals surface area contributed by atoms with Crippen molar-refractivity contribution in [2.75, 3.05) is 18.5 Å². The summed E-state index contributed by atoms with van der Waals surface area (Å²) in [6, 6.07) is 14.8. The van der Waals surface area contributed by atoms with Crippen LogP contribution >= 0.6 is 0 Å². The van der Waals surface area contributed by atoms with E-state index in [1.165, 1.54) is 0 Å². The van der Waals surface area contributed by atoms with Crippen molar-refractivity contribution >= 4 is 11.7 Å². The second-order valence-electron chi connectivity index (χ2n) is 4.78. The molecule has 0 unspecified atom stereocenters. The van der Waals surface area contributed by atoms with Crippen LogP contribution in [-0.2, 0) is 0 Å². The van der Waals surface area contributed by atoms with Crippen LogP contribution in [0.2, 0.25) is 0 Å². The highest BCUT2D eigenvalue weighted by Gasteiger charge is 2.05. The van der Waals surface area contributed by atoms with Gasteiger partial charge in [-0.1, -0.05) is 18.2 Å². The van der Waals surface area contributed by atoms with E-state index in [9.17, 15) is 4.79 Å². The Bertz CT molecular complexity index is 596. The van der Waals surface area contributed by atoms with Crippen LogP contribution in [0.25, 0.3) is 0 Å². The van der Waals surface area contributed by atoms with Gasteiger partial charge in [-0.2, -0.15) is 0 Å². The van der Waals surface area contributed by atoms with Crippen LogP contribution in [0.4, 0.5) is 5.69 Å². The molecule has 0 aliphatic carbocycles. The first kappa shape index (κ1) is 14.9. The minimum Gasteiger partial charge on any atom is -0.494 e. The molecule has 4 nitrogen and oxygen atoms in total. The number of ether oxygens (including phenoxy) is 1. The largest absolute Gasteiger partial charge is 0.494 e. The average Bonchev–Trinajstić information content (AvgIpc) is 2.49. The van der Waals surface area contributed by atoms with E-state index in [0.29, 0.717) is 12.2 Å². The van der Waals surface area contributed by atoms with Gasteiger partial charge in [0.15, 0.2) is 0 Å². The minimum atomic E-state index is -0.902. The first-order valence-corrected chi connectivity index (χ1v) is 6.92. The molecule has 0 fully saturated rings. The van der Waals surface area contributed by atoms with Gasteiger partial charge in [0.2, 0.25) is 0 Å². The predicted molar refractivity (Wildman–Crippen MR) is 83.2 cm³/mol. The number of rotatable bonds is 7. The van der Waals surface area contributed by atoms with E-state index in [4.69, 9.17) is 9.84 Å². The normalized spacial score (nSPS) is 10.1. The van der Waals surface area contributed by atoms with Gasteiger partial charge in [0.25, 0.3) is 0 Å². The molecule has 21 heavy (non-hydrogen) atoms. The molecule has 0 heterocycles. The smallest absolute Gasteiger partial charge is 0.335 e. The lowest BCUT2D eigenvalue weighted by molar-refractivity contribution is 0.0697. The molecule has 0 spiro atoms. The molecule has 0 saturated heterocycles. The van der Waals surface area contributed by atoms with E-state index in [1.807, 2.05) is 37.3 Å². The average molecular weight is 285 g/mol. The van der Waals surface area contributed by atoms with E-state index >= 15 is 0 Å². The number of hydrogen-bond acceptors (Lipinski definition) is 3. The molecule has 0 atom stereocenters. The van der Waals surface area contributed by atoms with Crippen molar-refractivity contribution in [3.8, 4) is 5.75 Å². The standard InChI is InChI=1S/C17H19NO3/c1-13-12-14(17(19)20)8-9-16(13)18-10-5-11-21-15-6-3-2-4-7-15/h2-4,6-9,12,18H,5,10-11H2,1H3,(H,19,20). The lowest BCUT2D eigenvalue weighted by atomic mass is 10.1. The van der Waals surface area contributed by atoms with Crippen molar-refractivity contribution in [1.82, 2.24) is 0 Å². The van der Waals surface area contributed by atoms with Crippen molar-refractivity contribution in [1.29, 1.82) is 0 Å². The lowest BCUT2D eigenvalue weighted by Crippen LogP contribution is -2.08. The van der Waals surface area contributed by atoms with Gasteiger partial charge in [0, 0.05) is 12.2 Å². The van der Waals surface area contributed by atoms with Crippen LogP contribution in [0.5, 0.6) is 5.75 Å². The van der Waals surface area contributed by atoms with E-state index in [1.54, 1.807) is 18.2 Å². The molecule has 0 aliphatic rings. The molecule has 2 aromatic carbocycles. The summed E-state index contributed by atoms with van der Waals surface area (Å²) < 4.78 is 5.61. The van der Waals surface area contributed by atoms with Crippen molar-refractivity contribution in [2.24, 2.45) is 0 Å². The molecule has 0 saturated carbocycles. The summed E-state index contributed by atoms with van der Waals surface area (Å²) in [6.07, 6.45) is 0.870. The Hall–Kier alpha value is -2.49. The number of benzene rings is 2. The van der Waals surface area contributed by atoms with Crippen LogP contribution in [0, 0.1) is 6.92 Å². The zero-order valence-corrected chi connectivity index (χ0v) is 12.0. The molecule has 0 amide bonds.